The maximum Gasteiger partial charge on any atom is 0.227 e. The van der Waals surface area contributed by atoms with Crippen LogP contribution in [0.1, 0.15) is 37.7 Å². The number of carbonyl (C=O) groups is 2. The fourth-order valence-corrected chi connectivity index (χ4v) is 3.96. The second-order valence-electron chi connectivity index (χ2n) is 6.85. The van der Waals surface area contributed by atoms with E-state index in [2.05, 4.69) is 0 Å². The van der Waals surface area contributed by atoms with Crippen molar-refractivity contribution < 1.29 is 9.59 Å². The van der Waals surface area contributed by atoms with Gasteiger partial charge in [0.15, 0.2) is 0 Å². The third-order valence-electron chi connectivity index (χ3n) is 5.11. The van der Waals surface area contributed by atoms with Crippen molar-refractivity contribution in [2.45, 2.75) is 38.5 Å². The lowest BCUT2D eigenvalue weighted by atomic mass is 10.1. The molecule has 1 saturated heterocycles. The van der Waals surface area contributed by atoms with E-state index in [0.29, 0.717) is 30.4 Å². The fraction of sp³-hybridized carbons (Fsp3) is 0.579. The summed E-state index contributed by atoms with van der Waals surface area (Å²) in [7, 11) is 0. The summed E-state index contributed by atoms with van der Waals surface area (Å²) < 4.78 is 0. The molecule has 3 rings (SSSR count). The Morgan fingerprint density at radius 3 is 2.46 bits per heavy atom. The zero-order chi connectivity index (χ0) is 16.9. The van der Waals surface area contributed by atoms with Gasteiger partial charge in [0.05, 0.1) is 6.42 Å². The van der Waals surface area contributed by atoms with E-state index in [4.69, 9.17) is 11.6 Å². The zero-order valence-electron chi connectivity index (χ0n) is 14.0. The van der Waals surface area contributed by atoms with E-state index in [-0.39, 0.29) is 11.8 Å². The highest BCUT2D eigenvalue weighted by molar-refractivity contribution is 6.30. The highest BCUT2D eigenvalue weighted by atomic mass is 35.5. The summed E-state index contributed by atoms with van der Waals surface area (Å²) in [4.78, 5) is 29.0. The minimum Gasteiger partial charge on any atom is -0.341 e. The molecule has 0 aromatic heterocycles. The van der Waals surface area contributed by atoms with Crippen LogP contribution in [-0.4, -0.2) is 47.8 Å². The van der Waals surface area contributed by atoms with Gasteiger partial charge in [0.1, 0.15) is 0 Å². The summed E-state index contributed by atoms with van der Waals surface area (Å²) in [5, 5.41) is 0.657. The van der Waals surface area contributed by atoms with Crippen LogP contribution in [0.5, 0.6) is 0 Å². The maximum absolute atomic E-state index is 12.6. The number of carbonyl (C=O) groups excluding carboxylic acids is 2. The van der Waals surface area contributed by atoms with Gasteiger partial charge in [-0.25, -0.2) is 0 Å². The third kappa shape index (κ3) is 4.29. The molecule has 1 saturated carbocycles. The van der Waals surface area contributed by atoms with Crippen molar-refractivity contribution >= 4 is 23.4 Å². The molecule has 1 aliphatic carbocycles. The lowest BCUT2D eigenvalue weighted by Crippen LogP contribution is -2.39. The molecular formula is C19H25ClN2O2. The Bertz CT molecular complexity index is 599. The van der Waals surface area contributed by atoms with Crippen LogP contribution in [0.25, 0.3) is 0 Å². The number of hydrogen-bond donors (Lipinski definition) is 0. The van der Waals surface area contributed by atoms with Crippen molar-refractivity contribution in [3.63, 3.8) is 0 Å². The smallest absolute Gasteiger partial charge is 0.227 e. The van der Waals surface area contributed by atoms with Crippen molar-refractivity contribution in [3.8, 4) is 0 Å². The van der Waals surface area contributed by atoms with Crippen molar-refractivity contribution in [2.75, 3.05) is 26.2 Å². The molecule has 1 aromatic carbocycles. The van der Waals surface area contributed by atoms with Gasteiger partial charge in [-0.2, -0.15) is 0 Å². The SMILES string of the molecule is O=C(Cc1cccc(Cl)c1)N1CCCN(C(=O)C2CCCC2)CC1. The number of nitrogens with zero attached hydrogens (tertiary/aromatic N) is 2. The Morgan fingerprint density at radius 2 is 1.71 bits per heavy atom. The van der Waals surface area contributed by atoms with E-state index in [9.17, 15) is 9.59 Å². The van der Waals surface area contributed by atoms with Gasteiger partial charge in [0.2, 0.25) is 11.8 Å². The number of amides is 2. The maximum atomic E-state index is 12.6. The summed E-state index contributed by atoms with van der Waals surface area (Å²) in [5.74, 6) is 0.641. The predicted molar refractivity (Wildman–Crippen MR) is 94.9 cm³/mol. The van der Waals surface area contributed by atoms with E-state index in [1.54, 1.807) is 0 Å². The minimum absolute atomic E-state index is 0.118. The largest absolute Gasteiger partial charge is 0.341 e. The molecule has 0 bridgehead atoms. The van der Waals surface area contributed by atoms with E-state index in [1.165, 1.54) is 12.8 Å². The average Bonchev–Trinajstić information content (AvgIpc) is 2.98. The Labute approximate surface area is 148 Å². The standard InChI is InChI=1S/C19H25ClN2O2/c20-17-8-3-5-15(13-17)14-18(23)21-9-4-10-22(12-11-21)19(24)16-6-1-2-7-16/h3,5,8,13,16H,1-2,4,6-7,9-12,14H2. The summed E-state index contributed by atoms with van der Waals surface area (Å²) in [6.07, 6.45) is 5.65. The Balaban J connectivity index is 1.54. The van der Waals surface area contributed by atoms with Crippen LogP contribution < -0.4 is 0 Å². The molecule has 2 aliphatic rings. The number of rotatable bonds is 3. The van der Waals surface area contributed by atoms with Crippen LogP contribution in [0.2, 0.25) is 5.02 Å². The highest BCUT2D eigenvalue weighted by Crippen LogP contribution is 2.27. The van der Waals surface area contributed by atoms with Crippen LogP contribution in [0.15, 0.2) is 24.3 Å². The first-order chi connectivity index (χ1) is 11.6. The van der Waals surface area contributed by atoms with Crippen molar-refractivity contribution in [2.24, 2.45) is 5.92 Å². The molecule has 1 aliphatic heterocycles. The molecule has 130 valence electrons. The number of benzene rings is 1. The molecule has 0 unspecified atom stereocenters. The van der Waals surface area contributed by atoms with Gasteiger partial charge in [0, 0.05) is 37.1 Å². The van der Waals surface area contributed by atoms with E-state index < -0.39 is 0 Å². The molecule has 0 radical (unpaired) electrons. The van der Waals surface area contributed by atoms with Gasteiger partial charge >= 0.3 is 0 Å². The molecule has 0 atom stereocenters. The van der Waals surface area contributed by atoms with E-state index in [0.717, 1.165) is 37.9 Å². The average molecular weight is 349 g/mol. The van der Waals surface area contributed by atoms with Gasteiger partial charge in [-0.3, -0.25) is 9.59 Å². The summed E-state index contributed by atoms with van der Waals surface area (Å²) >= 11 is 5.99. The predicted octanol–water partition coefficient (Wildman–Crippen LogP) is 3.13. The van der Waals surface area contributed by atoms with Gasteiger partial charge in [-0.1, -0.05) is 36.6 Å². The van der Waals surface area contributed by atoms with Gasteiger partial charge in [0.25, 0.3) is 0 Å². The lowest BCUT2D eigenvalue weighted by Gasteiger charge is -2.24. The molecule has 2 amide bonds. The molecular weight excluding hydrogens is 324 g/mol. The topological polar surface area (TPSA) is 40.6 Å². The molecule has 5 heteroatoms. The van der Waals surface area contributed by atoms with Crippen LogP contribution in [-0.2, 0) is 16.0 Å². The Kier molecular flexibility index (Phi) is 5.77. The first-order valence-corrected chi connectivity index (χ1v) is 9.32. The zero-order valence-corrected chi connectivity index (χ0v) is 14.8. The molecule has 1 heterocycles. The van der Waals surface area contributed by atoms with Crippen molar-refractivity contribution in [1.82, 2.24) is 9.80 Å². The minimum atomic E-state index is 0.118. The van der Waals surface area contributed by atoms with Gasteiger partial charge in [-0.15, -0.1) is 0 Å². The van der Waals surface area contributed by atoms with Crippen LogP contribution in [0.4, 0.5) is 0 Å². The molecule has 24 heavy (non-hydrogen) atoms. The second kappa shape index (κ2) is 8.02. The van der Waals surface area contributed by atoms with E-state index in [1.807, 2.05) is 34.1 Å². The number of hydrogen-bond acceptors (Lipinski definition) is 2. The molecule has 2 fully saturated rings. The Morgan fingerprint density at radius 1 is 1.00 bits per heavy atom. The fourth-order valence-electron chi connectivity index (χ4n) is 3.75. The van der Waals surface area contributed by atoms with Crippen LogP contribution >= 0.6 is 11.6 Å². The first-order valence-electron chi connectivity index (χ1n) is 8.94. The lowest BCUT2D eigenvalue weighted by molar-refractivity contribution is -0.136. The molecule has 1 aromatic rings. The first kappa shape index (κ1) is 17.3. The normalized spacial score (nSPS) is 19.4. The quantitative estimate of drug-likeness (QED) is 0.842. The number of halogens is 1. The third-order valence-corrected chi connectivity index (χ3v) is 5.34. The van der Waals surface area contributed by atoms with Crippen LogP contribution in [0.3, 0.4) is 0 Å². The second-order valence-corrected chi connectivity index (χ2v) is 7.28. The molecule has 0 spiro atoms. The molecule has 0 N–H and O–H groups in total. The summed E-state index contributed by atoms with van der Waals surface area (Å²) in [6, 6.07) is 7.45. The summed E-state index contributed by atoms with van der Waals surface area (Å²) in [6.45, 7) is 2.80. The van der Waals surface area contributed by atoms with Gasteiger partial charge in [-0.05, 0) is 37.0 Å². The van der Waals surface area contributed by atoms with Gasteiger partial charge < -0.3 is 9.80 Å². The molecule has 4 nitrogen and oxygen atoms in total. The van der Waals surface area contributed by atoms with Crippen molar-refractivity contribution in [3.05, 3.63) is 34.9 Å². The summed E-state index contributed by atoms with van der Waals surface area (Å²) in [5.41, 5.74) is 0.940. The Hall–Kier alpha value is -1.55. The van der Waals surface area contributed by atoms with E-state index >= 15 is 0 Å². The highest BCUT2D eigenvalue weighted by Gasteiger charge is 2.29. The van der Waals surface area contributed by atoms with Crippen molar-refractivity contribution in [1.29, 1.82) is 0 Å². The van der Waals surface area contributed by atoms with Crippen LogP contribution in [0, 0.1) is 5.92 Å². The monoisotopic (exact) mass is 348 g/mol.